The Morgan fingerprint density at radius 1 is 1.07 bits per heavy atom. The van der Waals surface area contributed by atoms with Crippen molar-refractivity contribution in [1.82, 2.24) is 24.6 Å². The zero-order valence-electron chi connectivity index (χ0n) is 16.4. The molecule has 1 aliphatic heterocycles. The van der Waals surface area contributed by atoms with Crippen LogP contribution in [0.3, 0.4) is 0 Å². The molecule has 8 heteroatoms. The van der Waals surface area contributed by atoms with Gasteiger partial charge in [-0.2, -0.15) is 9.61 Å². The van der Waals surface area contributed by atoms with E-state index in [2.05, 4.69) is 59.4 Å². The van der Waals surface area contributed by atoms with Gasteiger partial charge in [0.15, 0.2) is 5.65 Å². The van der Waals surface area contributed by atoms with Gasteiger partial charge in [0.2, 0.25) is 0 Å². The van der Waals surface area contributed by atoms with E-state index in [4.69, 9.17) is 4.98 Å². The molecule has 7 nitrogen and oxygen atoms in total. The van der Waals surface area contributed by atoms with Crippen molar-refractivity contribution in [3.8, 4) is 0 Å². The van der Waals surface area contributed by atoms with E-state index in [9.17, 15) is 0 Å². The molecule has 0 aliphatic carbocycles. The molecule has 5 heterocycles. The van der Waals surface area contributed by atoms with E-state index in [0.717, 1.165) is 46.7 Å². The highest BCUT2D eigenvalue weighted by atomic mass is 79.9. The summed E-state index contributed by atoms with van der Waals surface area (Å²) < 4.78 is 2.72. The molecule has 0 spiro atoms. The van der Waals surface area contributed by atoms with Gasteiger partial charge < -0.3 is 10.2 Å². The van der Waals surface area contributed by atoms with Crippen molar-refractivity contribution in [2.24, 2.45) is 0 Å². The molecule has 0 bridgehead atoms. The molecule has 4 aromatic heterocycles. The van der Waals surface area contributed by atoms with Crippen molar-refractivity contribution in [3.05, 3.63) is 76.9 Å². The van der Waals surface area contributed by atoms with Crippen LogP contribution in [0.2, 0.25) is 0 Å². The molecule has 1 aliphatic rings. The van der Waals surface area contributed by atoms with Crippen LogP contribution in [0.25, 0.3) is 5.65 Å². The summed E-state index contributed by atoms with van der Waals surface area (Å²) in [6.07, 6.45) is 12.7. The van der Waals surface area contributed by atoms with Crippen LogP contribution in [-0.4, -0.2) is 31.1 Å². The predicted octanol–water partition coefficient (Wildman–Crippen LogP) is 4.63. The maximum atomic E-state index is 4.96. The highest BCUT2D eigenvalue weighted by Gasteiger charge is 2.26. The number of pyridine rings is 2. The Morgan fingerprint density at radius 2 is 1.93 bits per heavy atom. The van der Waals surface area contributed by atoms with Crippen LogP contribution in [0.4, 0.5) is 11.6 Å². The van der Waals surface area contributed by atoms with Crippen LogP contribution in [0.5, 0.6) is 0 Å². The van der Waals surface area contributed by atoms with Crippen LogP contribution in [-0.2, 0) is 6.54 Å². The second-order valence-electron chi connectivity index (χ2n) is 7.43. The van der Waals surface area contributed by atoms with Crippen molar-refractivity contribution in [3.63, 3.8) is 0 Å². The molecule has 4 aromatic rings. The Balaban J connectivity index is 1.52. The third-order valence-corrected chi connectivity index (χ3v) is 6.04. The summed E-state index contributed by atoms with van der Waals surface area (Å²) in [5, 5.41) is 8.01. The smallest absolute Gasteiger partial charge is 0.173 e. The number of rotatable bonds is 5. The maximum absolute atomic E-state index is 4.96. The lowest BCUT2D eigenvalue weighted by Gasteiger charge is -2.37. The van der Waals surface area contributed by atoms with Gasteiger partial charge in [-0.15, -0.1) is 0 Å². The number of piperidine rings is 1. The molecule has 0 saturated carbocycles. The first-order chi connectivity index (χ1) is 14.8. The number of halogens is 1. The van der Waals surface area contributed by atoms with Crippen LogP contribution in [0.15, 0.2) is 65.8 Å². The number of anilines is 2. The number of fused-ring (bicyclic) bond motifs is 1. The van der Waals surface area contributed by atoms with Crippen LogP contribution in [0.1, 0.15) is 36.4 Å². The maximum Gasteiger partial charge on any atom is 0.173 e. The molecule has 0 aromatic carbocycles. The molecular formula is C22H22BrN7. The van der Waals surface area contributed by atoms with Crippen LogP contribution < -0.4 is 10.2 Å². The van der Waals surface area contributed by atoms with E-state index >= 15 is 0 Å². The normalized spacial score (nSPS) is 16.7. The number of aromatic nitrogens is 5. The second-order valence-corrected chi connectivity index (χ2v) is 8.29. The number of nitrogens with zero attached hydrogens (tertiary/aromatic N) is 6. The summed E-state index contributed by atoms with van der Waals surface area (Å²) in [5.41, 5.74) is 3.15. The van der Waals surface area contributed by atoms with Gasteiger partial charge in [-0.05, 0) is 58.5 Å². The Labute approximate surface area is 183 Å². The minimum Gasteiger partial charge on any atom is -0.366 e. The minimum absolute atomic E-state index is 0.273. The Hall–Kier alpha value is -3.00. The van der Waals surface area contributed by atoms with Crippen molar-refractivity contribution in [2.45, 2.75) is 31.8 Å². The van der Waals surface area contributed by atoms with E-state index < -0.39 is 0 Å². The largest absolute Gasteiger partial charge is 0.366 e. The standard InChI is InChI=1S/C22H22BrN7/c23-18-15-27-30-20(26-13-16-5-3-8-24-12-16)11-21(28-22(18)30)29-10-2-1-7-19(29)17-6-4-9-25-14-17/h3-6,8-9,11-12,14-15,19,26H,1-2,7,10,13H2. The number of nitrogens with one attached hydrogen (secondary N) is 1. The fraction of sp³-hybridized carbons (Fsp3) is 0.273. The van der Waals surface area contributed by atoms with Crippen molar-refractivity contribution in [1.29, 1.82) is 0 Å². The van der Waals surface area contributed by atoms with Gasteiger partial charge in [0.05, 0.1) is 16.7 Å². The summed E-state index contributed by atoms with van der Waals surface area (Å²) in [7, 11) is 0. The molecular weight excluding hydrogens is 442 g/mol. The highest BCUT2D eigenvalue weighted by molar-refractivity contribution is 9.10. The molecule has 1 fully saturated rings. The van der Waals surface area contributed by atoms with Crippen molar-refractivity contribution < 1.29 is 0 Å². The van der Waals surface area contributed by atoms with Gasteiger partial charge in [-0.25, -0.2) is 4.98 Å². The third kappa shape index (κ3) is 3.75. The van der Waals surface area contributed by atoms with Gasteiger partial charge >= 0.3 is 0 Å². The topological polar surface area (TPSA) is 71.2 Å². The summed E-state index contributed by atoms with van der Waals surface area (Å²) in [6, 6.07) is 10.5. The SMILES string of the molecule is Brc1cnn2c(NCc3cccnc3)cc(N3CCCCC3c3cccnc3)nc12. The zero-order chi connectivity index (χ0) is 20.3. The zero-order valence-corrected chi connectivity index (χ0v) is 18.0. The van der Waals surface area contributed by atoms with Gasteiger partial charge in [0.25, 0.3) is 0 Å². The van der Waals surface area contributed by atoms with Gasteiger partial charge in [0.1, 0.15) is 11.6 Å². The molecule has 1 atom stereocenters. The fourth-order valence-electron chi connectivity index (χ4n) is 4.02. The highest BCUT2D eigenvalue weighted by Crippen LogP contribution is 2.35. The first kappa shape index (κ1) is 19.0. The summed E-state index contributed by atoms with van der Waals surface area (Å²) in [4.78, 5) is 15.9. The summed E-state index contributed by atoms with van der Waals surface area (Å²) >= 11 is 3.60. The van der Waals surface area contributed by atoms with Crippen LogP contribution >= 0.6 is 15.9 Å². The quantitative estimate of drug-likeness (QED) is 0.465. The molecule has 1 unspecified atom stereocenters. The van der Waals surface area contributed by atoms with Crippen molar-refractivity contribution >= 4 is 33.2 Å². The molecule has 0 amide bonds. The lowest BCUT2D eigenvalue weighted by molar-refractivity contribution is 0.469. The lowest BCUT2D eigenvalue weighted by Crippen LogP contribution is -2.34. The fourth-order valence-corrected chi connectivity index (χ4v) is 4.37. The van der Waals surface area contributed by atoms with Gasteiger partial charge in [0, 0.05) is 43.9 Å². The van der Waals surface area contributed by atoms with E-state index in [1.54, 1.807) is 12.4 Å². The molecule has 1 saturated heterocycles. The second kappa shape index (κ2) is 8.39. The monoisotopic (exact) mass is 463 g/mol. The third-order valence-electron chi connectivity index (χ3n) is 5.48. The molecule has 1 N–H and O–H groups in total. The summed E-state index contributed by atoms with van der Waals surface area (Å²) in [5.74, 6) is 1.85. The van der Waals surface area contributed by atoms with E-state index in [1.165, 1.54) is 12.0 Å². The average Bonchev–Trinajstić information content (AvgIpc) is 3.19. The van der Waals surface area contributed by atoms with Crippen molar-refractivity contribution in [2.75, 3.05) is 16.8 Å². The molecule has 30 heavy (non-hydrogen) atoms. The van der Waals surface area contributed by atoms with Gasteiger partial charge in [-0.1, -0.05) is 12.1 Å². The number of hydrogen-bond acceptors (Lipinski definition) is 6. The molecule has 152 valence electrons. The van der Waals surface area contributed by atoms with Gasteiger partial charge in [-0.3, -0.25) is 9.97 Å². The molecule has 5 rings (SSSR count). The van der Waals surface area contributed by atoms with E-state index in [1.807, 2.05) is 35.2 Å². The van der Waals surface area contributed by atoms with E-state index in [-0.39, 0.29) is 6.04 Å². The first-order valence-corrected chi connectivity index (χ1v) is 10.9. The lowest BCUT2D eigenvalue weighted by atomic mass is 9.96. The predicted molar refractivity (Wildman–Crippen MR) is 120 cm³/mol. The Kier molecular flexibility index (Phi) is 5.31. The number of hydrogen-bond donors (Lipinski definition) is 1. The summed E-state index contributed by atoms with van der Waals surface area (Å²) in [6.45, 7) is 1.63. The average molecular weight is 464 g/mol. The minimum atomic E-state index is 0.273. The van der Waals surface area contributed by atoms with Crippen LogP contribution in [0, 0.1) is 0 Å². The Morgan fingerprint density at radius 3 is 2.73 bits per heavy atom. The Bertz CT molecular complexity index is 1130. The van der Waals surface area contributed by atoms with E-state index in [0.29, 0.717) is 6.54 Å². The molecule has 0 radical (unpaired) electrons. The first-order valence-electron chi connectivity index (χ1n) is 10.1.